The van der Waals surface area contributed by atoms with Gasteiger partial charge in [0.25, 0.3) is 0 Å². The monoisotopic (exact) mass is 223 g/mol. The molecule has 0 saturated heterocycles. The molecule has 0 amide bonds. The second-order valence-corrected chi connectivity index (χ2v) is 12.2. The SMILES string of the molecule is [CH2]=[V]([Br])[Br]. The van der Waals surface area contributed by atoms with E-state index in [9.17, 15) is 0 Å². The van der Waals surface area contributed by atoms with Crippen molar-refractivity contribution in [2.24, 2.45) is 0 Å². The first-order chi connectivity index (χ1) is 1.73. The van der Waals surface area contributed by atoms with Crippen LogP contribution in [0.1, 0.15) is 0 Å². The van der Waals surface area contributed by atoms with Crippen LogP contribution in [0.15, 0.2) is 0 Å². The summed E-state index contributed by atoms with van der Waals surface area (Å²) < 4.78 is 0. The van der Waals surface area contributed by atoms with Gasteiger partial charge in [-0.2, -0.15) is 0 Å². The van der Waals surface area contributed by atoms with E-state index >= 15 is 0 Å². The minimum atomic E-state index is -0.812. The molecule has 4 heavy (non-hydrogen) atoms. The van der Waals surface area contributed by atoms with E-state index in [4.69, 9.17) is 0 Å². The van der Waals surface area contributed by atoms with Gasteiger partial charge in [-0.3, -0.25) is 0 Å². The minimum absolute atomic E-state index is 0.812. The van der Waals surface area contributed by atoms with Gasteiger partial charge in [0.1, 0.15) is 0 Å². The normalized spacial score (nSPS) is 6.50. The number of hydrogen-bond donors (Lipinski definition) is 0. The molecule has 0 heterocycles. The summed E-state index contributed by atoms with van der Waals surface area (Å²) in [5, 5.41) is 3.62. The van der Waals surface area contributed by atoms with E-state index in [0.29, 0.717) is 0 Å². The summed E-state index contributed by atoms with van der Waals surface area (Å²) in [6.45, 7) is 0. The van der Waals surface area contributed by atoms with Crippen molar-refractivity contribution in [3.8, 4) is 0 Å². The van der Waals surface area contributed by atoms with Gasteiger partial charge in [-0.25, -0.2) is 0 Å². The van der Waals surface area contributed by atoms with Crippen molar-refractivity contribution in [1.82, 2.24) is 0 Å². The Labute approximate surface area is 43.6 Å². The van der Waals surface area contributed by atoms with Gasteiger partial charge in [-0.05, 0) is 0 Å². The Bertz CT molecular complexity index is 29.0. The van der Waals surface area contributed by atoms with Crippen LogP contribution in [0.4, 0.5) is 0 Å². The third-order valence-corrected chi connectivity index (χ3v) is 0. The van der Waals surface area contributed by atoms with Crippen LogP contribution in [-0.4, -0.2) is 5.23 Å². The molecule has 0 saturated carbocycles. The zero-order valence-corrected chi connectivity index (χ0v) is 6.48. The summed E-state index contributed by atoms with van der Waals surface area (Å²) in [6, 6.07) is 0. The molecular weight excluding hydrogens is 223 g/mol. The van der Waals surface area contributed by atoms with Crippen molar-refractivity contribution < 1.29 is 10.9 Å². The molecule has 0 bridgehead atoms. The Kier molecular flexibility index (Phi) is 3.57. The molecule has 0 unspecified atom stereocenters. The van der Waals surface area contributed by atoms with E-state index in [-0.39, 0.29) is 0 Å². The maximum atomic E-state index is 3.62. The molecule has 0 aromatic rings. The van der Waals surface area contributed by atoms with Crippen LogP contribution in [0.25, 0.3) is 0 Å². The quantitative estimate of drug-likeness (QED) is 0.587. The standard InChI is InChI=1S/CH2.2BrH.V/h1H2;2*1H;/q;;;+2/p-2. The number of halogens is 2. The van der Waals surface area contributed by atoms with Gasteiger partial charge in [0, 0.05) is 0 Å². The molecule has 0 atom stereocenters. The van der Waals surface area contributed by atoms with Gasteiger partial charge >= 0.3 is 43.8 Å². The van der Waals surface area contributed by atoms with Crippen molar-refractivity contribution in [1.29, 1.82) is 0 Å². The predicted molar refractivity (Wildman–Crippen MR) is 25.0 cm³/mol. The molecule has 0 aliphatic rings. The zero-order valence-electron chi connectivity index (χ0n) is 1.91. The first-order valence-electron chi connectivity index (χ1n) is 0.654. The average molecular weight is 225 g/mol. The Morgan fingerprint density at radius 1 is 1.50 bits per heavy atom. The Hall–Kier alpha value is 1.41. The molecule has 0 aliphatic heterocycles. The molecule has 3 heteroatoms. The molecule has 0 spiro atoms. The van der Waals surface area contributed by atoms with Crippen molar-refractivity contribution in [3.05, 3.63) is 0 Å². The van der Waals surface area contributed by atoms with Crippen LogP contribution in [0.2, 0.25) is 0 Å². The van der Waals surface area contributed by atoms with Gasteiger partial charge in [-0.1, -0.05) is 0 Å². The van der Waals surface area contributed by atoms with Gasteiger partial charge in [0.2, 0.25) is 0 Å². The van der Waals surface area contributed by atoms with Crippen LogP contribution in [0.5, 0.6) is 0 Å². The van der Waals surface area contributed by atoms with E-state index in [1.165, 1.54) is 0 Å². The van der Waals surface area contributed by atoms with Gasteiger partial charge < -0.3 is 0 Å². The van der Waals surface area contributed by atoms with Crippen LogP contribution in [0.3, 0.4) is 0 Å². The molecule has 25 valence electrons. The van der Waals surface area contributed by atoms with E-state index in [1.807, 2.05) is 0 Å². The Balaban J connectivity index is 2.80. The first kappa shape index (κ1) is 5.41. The average Bonchev–Trinajstić information content (AvgIpc) is 0.811. The third kappa shape index (κ3) is 9.95. The van der Waals surface area contributed by atoms with Gasteiger partial charge in [0.15, 0.2) is 0 Å². The molecular formula is CH2Br2V. The first-order valence-corrected chi connectivity index (χ1v) is 8.55. The third-order valence-electron chi connectivity index (χ3n) is 0. The van der Waals surface area contributed by atoms with E-state index in [0.717, 1.165) is 0 Å². The fraction of sp³-hybridized carbons (Fsp3) is 0. The molecule has 0 aromatic carbocycles. The molecule has 0 aromatic heterocycles. The van der Waals surface area contributed by atoms with Crippen molar-refractivity contribution >= 4 is 32.9 Å². The van der Waals surface area contributed by atoms with Crippen LogP contribution >= 0.6 is 27.6 Å². The fourth-order valence-electron chi connectivity index (χ4n) is 0. The summed E-state index contributed by atoms with van der Waals surface area (Å²) in [5.74, 6) is 0. The fourth-order valence-corrected chi connectivity index (χ4v) is 0. The Morgan fingerprint density at radius 3 is 1.50 bits per heavy atom. The van der Waals surface area contributed by atoms with E-state index in [1.54, 1.807) is 0 Å². The summed E-state index contributed by atoms with van der Waals surface area (Å²) in [5.41, 5.74) is 0. The van der Waals surface area contributed by atoms with Crippen LogP contribution in [-0.2, 0) is 10.9 Å². The van der Waals surface area contributed by atoms with Crippen molar-refractivity contribution in [2.45, 2.75) is 0 Å². The van der Waals surface area contributed by atoms with Gasteiger partial charge in [0.05, 0.1) is 0 Å². The number of hydrogen-bond acceptors (Lipinski definition) is 0. The van der Waals surface area contributed by atoms with Gasteiger partial charge in [-0.15, -0.1) is 0 Å². The zero-order chi connectivity index (χ0) is 3.58. The van der Waals surface area contributed by atoms with E-state index in [2.05, 4.69) is 32.9 Å². The van der Waals surface area contributed by atoms with E-state index < -0.39 is 10.9 Å². The molecule has 0 fully saturated rings. The second kappa shape index (κ2) is 2.64. The molecule has 0 rings (SSSR count). The van der Waals surface area contributed by atoms with Crippen LogP contribution in [0, 0.1) is 0 Å². The predicted octanol–water partition coefficient (Wildman–Crippen LogP) is 1.66. The molecule has 0 nitrogen and oxygen atoms in total. The van der Waals surface area contributed by atoms with Crippen molar-refractivity contribution in [3.63, 3.8) is 0 Å². The number of rotatable bonds is 0. The summed E-state index contributed by atoms with van der Waals surface area (Å²) in [6.07, 6.45) is 0. The Morgan fingerprint density at radius 2 is 1.50 bits per heavy atom. The summed E-state index contributed by atoms with van der Waals surface area (Å²) >= 11 is 6.44. The molecule has 0 N–H and O–H groups in total. The summed E-state index contributed by atoms with van der Waals surface area (Å²) in [7, 11) is -0.812. The molecule has 0 aliphatic carbocycles. The maximum absolute atomic E-state index is 3.62. The topological polar surface area (TPSA) is 0 Å². The summed E-state index contributed by atoms with van der Waals surface area (Å²) in [4.78, 5) is 0. The van der Waals surface area contributed by atoms with Crippen molar-refractivity contribution in [2.75, 3.05) is 0 Å². The molecule has 0 radical (unpaired) electrons. The van der Waals surface area contributed by atoms with Crippen LogP contribution < -0.4 is 0 Å². The second-order valence-electron chi connectivity index (χ2n) is 0.303.